The van der Waals surface area contributed by atoms with E-state index in [-0.39, 0.29) is 6.42 Å². The van der Waals surface area contributed by atoms with Crippen molar-refractivity contribution in [3.63, 3.8) is 0 Å². The Labute approximate surface area is 160 Å². The zero-order valence-electron chi connectivity index (χ0n) is 14.2. The lowest BCUT2D eigenvalue weighted by Crippen LogP contribution is -2.21. The first-order chi connectivity index (χ1) is 12.4. The van der Waals surface area contributed by atoms with Crippen molar-refractivity contribution in [2.45, 2.75) is 6.42 Å². The molecule has 1 N–H and O–H groups in total. The average Bonchev–Trinajstić information content (AvgIpc) is 2.63. The van der Waals surface area contributed by atoms with Crippen LogP contribution in [0.1, 0.15) is 5.56 Å². The highest BCUT2D eigenvalue weighted by Crippen LogP contribution is 2.28. The van der Waals surface area contributed by atoms with Gasteiger partial charge in [-0.1, -0.05) is 29.3 Å². The Bertz CT molecular complexity index is 810. The van der Waals surface area contributed by atoms with E-state index in [2.05, 4.69) is 5.32 Å². The van der Waals surface area contributed by atoms with Crippen molar-refractivity contribution in [2.75, 3.05) is 26.1 Å². The Morgan fingerprint density at radius 1 is 0.962 bits per heavy atom. The first-order valence-electron chi connectivity index (χ1n) is 7.54. The number of halogens is 2. The van der Waals surface area contributed by atoms with Crippen LogP contribution in [-0.2, 0) is 20.7 Å². The van der Waals surface area contributed by atoms with Crippen molar-refractivity contribution in [1.82, 2.24) is 0 Å². The molecular weight excluding hydrogens is 381 g/mol. The van der Waals surface area contributed by atoms with Crippen LogP contribution in [0.2, 0.25) is 10.0 Å². The molecule has 2 aromatic rings. The van der Waals surface area contributed by atoms with Gasteiger partial charge in [0.25, 0.3) is 5.91 Å². The van der Waals surface area contributed by atoms with E-state index in [1.54, 1.807) is 30.3 Å². The third-order valence-corrected chi connectivity index (χ3v) is 4.10. The van der Waals surface area contributed by atoms with E-state index in [1.165, 1.54) is 20.3 Å². The van der Waals surface area contributed by atoms with Crippen LogP contribution in [0.4, 0.5) is 5.69 Å². The molecule has 0 atom stereocenters. The molecule has 0 heterocycles. The molecule has 0 aliphatic rings. The van der Waals surface area contributed by atoms with Gasteiger partial charge in [-0.2, -0.15) is 0 Å². The molecule has 0 aliphatic carbocycles. The van der Waals surface area contributed by atoms with Crippen molar-refractivity contribution >= 4 is 40.8 Å². The first-order valence-corrected chi connectivity index (χ1v) is 8.30. The lowest BCUT2D eigenvalue weighted by atomic mass is 10.1. The molecule has 26 heavy (non-hydrogen) atoms. The van der Waals surface area contributed by atoms with Crippen LogP contribution < -0.4 is 14.8 Å². The van der Waals surface area contributed by atoms with Gasteiger partial charge in [-0.3, -0.25) is 9.59 Å². The molecule has 0 spiro atoms. The average molecular weight is 398 g/mol. The van der Waals surface area contributed by atoms with Crippen molar-refractivity contribution in [1.29, 1.82) is 0 Å². The highest BCUT2D eigenvalue weighted by Gasteiger charge is 2.12. The molecule has 1 amide bonds. The highest BCUT2D eigenvalue weighted by molar-refractivity contribution is 6.42. The van der Waals surface area contributed by atoms with E-state index in [1.807, 2.05) is 0 Å². The van der Waals surface area contributed by atoms with Crippen molar-refractivity contribution < 1.29 is 23.8 Å². The van der Waals surface area contributed by atoms with Crippen LogP contribution >= 0.6 is 23.2 Å². The van der Waals surface area contributed by atoms with Crippen LogP contribution in [0.25, 0.3) is 0 Å². The van der Waals surface area contributed by atoms with E-state index in [9.17, 15) is 9.59 Å². The molecule has 2 rings (SSSR count). The lowest BCUT2D eigenvalue weighted by molar-refractivity contribution is -0.146. The zero-order valence-corrected chi connectivity index (χ0v) is 15.7. The summed E-state index contributed by atoms with van der Waals surface area (Å²) in [5, 5.41) is 3.26. The fourth-order valence-corrected chi connectivity index (χ4v) is 2.42. The molecule has 0 aliphatic heterocycles. The van der Waals surface area contributed by atoms with Crippen LogP contribution in [0, 0.1) is 0 Å². The summed E-state index contributed by atoms with van der Waals surface area (Å²) in [6, 6.07) is 9.75. The van der Waals surface area contributed by atoms with E-state index in [0.29, 0.717) is 32.8 Å². The summed E-state index contributed by atoms with van der Waals surface area (Å²) < 4.78 is 15.3. The van der Waals surface area contributed by atoms with Gasteiger partial charge in [-0.05, 0) is 35.9 Å². The van der Waals surface area contributed by atoms with Crippen LogP contribution in [-0.4, -0.2) is 32.7 Å². The Morgan fingerprint density at radius 3 is 2.35 bits per heavy atom. The minimum atomic E-state index is -0.540. The number of carbonyl (C=O) groups is 2. The number of esters is 1. The Balaban J connectivity index is 1.86. The van der Waals surface area contributed by atoms with Gasteiger partial charge in [0.05, 0.1) is 30.7 Å². The summed E-state index contributed by atoms with van der Waals surface area (Å²) in [5.41, 5.74) is 1.14. The second-order valence-corrected chi connectivity index (χ2v) is 6.02. The summed E-state index contributed by atoms with van der Waals surface area (Å²) in [5.74, 6) is 0.0475. The molecule has 0 saturated heterocycles. The molecule has 8 heteroatoms. The highest BCUT2D eigenvalue weighted by atomic mass is 35.5. The molecule has 0 fully saturated rings. The lowest BCUT2D eigenvalue weighted by Gasteiger charge is -2.10. The third kappa shape index (κ3) is 5.54. The number of methoxy groups -OCH3 is 2. The number of rotatable bonds is 7. The van der Waals surface area contributed by atoms with Gasteiger partial charge in [0.15, 0.2) is 18.1 Å². The number of carbonyl (C=O) groups excluding carboxylic acids is 2. The molecule has 6 nitrogen and oxygen atoms in total. The first kappa shape index (κ1) is 19.9. The number of anilines is 1. The van der Waals surface area contributed by atoms with Crippen LogP contribution in [0.15, 0.2) is 36.4 Å². The SMILES string of the molecule is COc1ccc(CC(=O)OCC(=O)Nc2ccc(Cl)c(Cl)c2)cc1OC. The number of amides is 1. The van der Waals surface area contributed by atoms with E-state index in [4.69, 9.17) is 37.4 Å². The summed E-state index contributed by atoms with van der Waals surface area (Å²) in [6.07, 6.45) is 0.000404. The maximum Gasteiger partial charge on any atom is 0.310 e. The van der Waals surface area contributed by atoms with Gasteiger partial charge in [0.2, 0.25) is 0 Å². The molecule has 138 valence electrons. The summed E-state index contributed by atoms with van der Waals surface area (Å²) in [4.78, 5) is 23.8. The van der Waals surface area contributed by atoms with E-state index < -0.39 is 18.5 Å². The van der Waals surface area contributed by atoms with Crippen molar-refractivity contribution in [2.24, 2.45) is 0 Å². The third-order valence-electron chi connectivity index (χ3n) is 3.36. The molecule has 0 saturated carbocycles. The Kier molecular flexibility index (Phi) is 7.12. The van der Waals surface area contributed by atoms with Gasteiger partial charge in [0.1, 0.15) is 0 Å². The summed E-state index contributed by atoms with van der Waals surface area (Å²) in [7, 11) is 3.03. The van der Waals surface area contributed by atoms with Crippen molar-refractivity contribution in [3.05, 3.63) is 52.0 Å². The standard InChI is InChI=1S/C18H17Cl2NO5/c1-24-15-6-3-11(7-16(15)25-2)8-18(23)26-10-17(22)21-12-4-5-13(19)14(20)9-12/h3-7,9H,8,10H2,1-2H3,(H,21,22). The van der Waals surface area contributed by atoms with E-state index >= 15 is 0 Å². The molecule has 2 aromatic carbocycles. The number of nitrogens with one attached hydrogen (secondary N) is 1. The van der Waals surface area contributed by atoms with Crippen LogP contribution in [0.3, 0.4) is 0 Å². The van der Waals surface area contributed by atoms with Gasteiger partial charge in [-0.15, -0.1) is 0 Å². The number of hydrogen-bond donors (Lipinski definition) is 1. The number of benzene rings is 2. The predicted octanol–water partition coefficient (Wildman–Crippen LogP) is 3.74. The number of hydrogen-bond acceptors (Lipinski definition) is 5. The molecule has 0 aromatic heterocycles. The molecule has 0 radical (unpaired) electrons. The maximum absolute atomic E-state index is 11.9. The topological polar surface area (TPSA) is 73.9 Å². The van der Waals surface area contributed by atoms with E-state index in [0.717, 1.165) is 0 Å². The Hall–Kier alpha value is -2.44. The molecule has 0 bridgehead atoms. The summed E-state index contributed by atoms with van der Waals surface area (Å²) in [6.45, 7) is -0.410. The van der Waals surface area contributed by atoms with Gasteiger partial charge < -0.3 is 19.5 Å². The quantitative estimate of drug-likeness (QED) is 0.720. The van der Waals surface area contributed by atoms with Crippen molar-refractivity contribution in [3.8, 4) is 11.5 Å². The second-order valence-electron chi connectivity index (χ2n) is 5.20. The Morgan fingerprint density at radius 2 is 1.69 bits per heavy atom. The number of ether oxygens (including phenoxy) is 3. The monoisotopic (exact) mass is 397 g/mol. The van der Waals surface area contributed by atoms with Gasteiger partial charge in [-0.25, -0.2) is 0 Å². The smallest absolute Gasteiger partial charge is 0.310 e. The zero-order chi connectivity index (χ0) is 19.1. The fraction of sp³-hybridized carbons (Fsp3) is 0.222. The fourth-order valence-electron chi connectivity index (χ4n) is 2.13. The van der Waals surface area contributed by atoms with Gasteiger partial charge >= 0.3 is 5.97 Å². The normalized spacial score (nSPS) is 10.2. The maximum atomic E-state index is 11.9. The molecule has 0 unspecified atom stereocenters. The second kappa shape index (κ2) is 9.31. The molecular formula is C18H17Cl2NO5. The van der Waals surface area contributed by atoms with Crippen LogP contribution in [0.5, 0.6) is 11.5 Å². The predicted molar refractivity (Wildman–Crippen MR) is 99.3 cm³/mol. The minimum absolute atomic E-state index is 0.000404. The minimum Gasteiger partial charge on any atom is -0.493 e. The van der Waals surface area contributed by atoms with Gasteiger partial charge in [0, 0.05) is 5.69 Å². The largest absolute Gasteiger partial charge is 0.493 e. The summed E-state index contributed by atoms with van der Waals surface area (Å²) >= 11 is 11.7.